The van der Waals surface area contributed by atoms with E-state index in [1.165, 1.54) is 89.0 Å². The summed E-state index contributed by atoms with van der Waals surface area (Å²) in [4.78, 5) is 12.1. The quantitative estimate of drug-likeness (QED) is 0.488. The number of nitrogens with one attached hydrogen (secondary N) is 1. The molecule has 0 aromatic carbocycles. The van der Waals surface area contributed by atoms with Crippen molar-refractivity contribution in [1.29, 1.82) is 0 Å². The summed E-state index contributed by atoms with van der Waals surface area (Å²) < 4.78 is 0. The van der Waals surface area contributed by atoms with Crippen LogP contribution in [0.3, 0.4) is 0 Å². The highest BCUT2D eigenvalue weighted by Crippen LogP contribution is 2.76. The fourth-order valence-corrected chi connectivity index (χ4v) is 9.47. The van der Waals surface area contributed by atoms with E-state index in [1.54, 1.807) is 0 Å². The van der Waals surface area contributed by atoms with Crippen LogP contribution in [0.2, 0.25) is 0 Å². The molecule has 168 valence electrons. The van der Waals surface area contributed by atoms with Crippen LogP contribution in [0.4, 0.5) is 0 Å². The molecule has 0 aliphatic heterocycles. The topological polar surface area (TPSA) is 55.1 Å². The summed E-state index contributed by atoms with van der Waals surface area (Å²) in [6.45, 7) is 4.59. The highest BCUT2D eigenvalue weighted by Gasteiger charge is 2.73. The maximum absolute atomic E-state index is 12.1. The van der Waals surface area contributed by atoms with Crippen molar-refractivity contribution in [2.75, 3.05) is 7.05 Å². The molecule has 5 fully saturated rings. The first-order valence-corrected chi connectivity index (χ1v) is 13.2. The van der Waals surface area contributed by atoms with Crippen LogP contribution in [0.1, 0.15) is 83.5 Å². The fourth-order valence-electron chi connectivity index (χ4n) is 9.47. The summed E-state index contributed by atoms with van der Waals surface area (Å²) in [5.41, 5.74) is 8.35. The Morgan fingerprint density at radius 3 is 2.57 bits per heavy atom. The van der Waals surface area contributed by atoms with Crippen molar-refractivity contribution in [2.24, 2.45) is 52.6 Å². The van der Waals surface area contributed by atoms with Crippen molar-refractivity contribution in [3.05, 3.63) is 12.2 Å². The number of allylic oxidation sites excluding steroid dienone is 1. The van der Waals surface area contributed by atoms with Gasteiger partial charge in [0, 0.05) is 11.5 Å². The first-order chi connectivity index (χ1) is 14.6. The van der Waals surface area contributed by atoms with E-state index < -0.39 is 0 Å². The normalized spacial score (nSPS) is 47.8. The lowest BCUT2D eigenvalue weighted by molar-refractivity contribution is -0.111. The van der Waals surface area contributed by atoms with Gasteiger partial charge in [-0.25, -0.2) is 0 Å². The monoisotopic (exact) mass is 412 g/mol. The summed E-state index contributed by atoms with van der Waals surface area (Å²) in [7, 11) is 2.11. The lowest BCUT2D eigenvalue weighted by Gasteiger charge is -2.39. The van der Waals surface area contributed by atoms with E-state index in [-0.39, 0.29) is 11.5 Å². The lowest BCUT2D eigenvalue weighted by atomic mass is 9.68. The summed E-state index contributed by atoms with van der Waals surface area (Å²) in [5.74, 6) is 5.27. The second-order valence-electron chi connectivity index (χ2n) is 11.7. The molecule has 3 nitrogen and oxygen atoms in total. The van der Waals surface area contributed by atoms with Gasteiger partial charge >= 0.3 is 0 Å². The van der Waals surface area contributed by atoms with Crippen molar-refractivity contribution in [3.8, 4) is 0 Å². The molecule has 0 bridgehead atoms. The third-order valence-corrected chi connectivity index (χ3v) is 10.8. The highest BCUT2D eigenvalue weighted by molar-refractivity contribution is 5.61. The number of hydrogen-bond acceptors (Lipinski definition) is 3. The molecule has 5 rings (SSSR count). The first kappa shape index (κ1) is 21.2. The third kappa shape index (κ3) is 3.25. The molecule has 0 spiro atoms. The largest absolute Gasteiger partial charge is 0.321 e. The van der Waals surface area contributed by atoms with Gasteiger partial charge in [-0.1, -0.05) is 50.7 Å². The molecule has 0 amide bonds. The Hall–Kier alpha value is -0.670. The summed E-state index contributed by atoms with van der Waals surface area (Å²) >= 11 is 0. The van der Waals surface area contributed by atoms with E-state index in [9.17, 15) is 4.79 Å². The minimum atomic E-state index is -0.270. The Morgan fingerprint density at radius 1 is 1.03 bits per heavy atom. The molecule has 5 saturated carbocycles. The minimum Gasteiger partial charge on any atom is -0.321 e. The Kier molecular flexibility index (Phi) is 5.90. The Bertz CT molecular complexity index is 655. The van der Waals surface area contributed by atoms with Crippen molar-refractivity contribution in [3.63, 3.8) is 0 Å². The van der Waals surface area contributed by atoms with Crippen LogP contribution < -0.4 is 11.1 Å². The molecule has 0 aromatic rings. The van der Waals surface area contributed by atoms with E-state index in [2.05, 4.69) is 18.9 Å². The molecule has 9 atom stereocenters. The van der Waals surface area contributed by atoms with Crippen LogP contribution in [0, 0.1) is 46.8 Å². The Balaban J connectivity index is 1.42. The molecule has 0 saturated heterocycles. The van der Waals surface area contributed by atoms with Crippen LogP contribution in [-0.4, -0.2) is 25.4 Å². The van der Waals surface area contributed by atoms with Crippen LogP contribution in [0.15, 0.2) is 12.2 Å². The molecule has 0 heterocycles. The van der Waals surface area contributed by atoms with Crippen LogP contribution >= 0.6 is 0 Å². The van der Waals surface area contributed by atoms with Crippen molar-refractivity contribution >= 4 is 6.29 Å². The van der Waals surface area contributed by atoms with E-state index >= 15 is 0 Å². The van der Waals surface area contributed by atoms with Crippen molar-refractivity contribution in [2.45, 2.75) is 95.6 Å². The average molecular weight is 413 g/mol. The number of nitrogens with two attached hydrogens (primary N) is 1. The van der Waals surface area contributed by atoms with Gasteiger partial charge in [0.2, 0.25) is 0 Å². The van der Waals surface area contributed by atoms with Gasteiger partial charge in [0.05, 0.1) is 6.04 Å². The van der Waals surface area contributed by atoms with Crippen molar-refractivity contribution < 1.29 is 4.79 Å². The molecule has 3 heteroatoms. The van der Waals surface area contributed by atoms with Crippen LogP contribution in [0.5, 0.6) is 0 Å². The van der Waals surface area contributed by atoms with E-state index in [1.807, 2.05) is 0 Å². The van der Waals surface area contributed by atoms with Gasteiger partial charge in [0.15, 0.2) is 0 Å². The zero-order chi connectivity index (χ0) is 20.9. The minimum absolute atomic E-state index is 0.0857. The molecular weight excluding hydrogens is 368 g/mol. The summed E-state index contributed by atoms with van der Waals surface area (Å²) in [6.07, 6.45) is 18.6. The van der Waals surface area contributed by atoms with E-state index in [4.69, 9.17) is 5.73 Å². The molecule has 0 unspecified atom stereocenters. The van der Waals surface area contributed by atoms with E-state index in [0.29, 0.717) is 29.7 Å². The van der Waals surface area contributed by atoms with Gasteiger partial charge in [0.1, 0.15) is 6.29 Å². The maximum Gasteiger partial charge on any atom is 0.137 e. The van der Waals surface area contributed by atoms with Gasteiger partial charge in [0.25, 0.3) is 0 Å². The zero-order valence-corrected chi connectivity index (χ0v) is 19.2. The molecule has 0 radical (unpaired) electrons. The van der Waals surface area contributed by atoms with Gasteiger partial charge in [-0.05, 0) is 93.4 Å². The number of rotatable bonds is 5. The van der Waals surface area contributed by atoms with Gasteiger partial charge in [-0.2, -0.15) is 0 Å². The van der Waals surface area contributed by atoms with Gasteiger partial charge < -0.3 is 15.8 Å². The number of carbonyl (C=O) groups is 1. The number of carbonyl (C=O) groups excluding carboxylic acids is 1. The Labute approximate surface area is 184 Å². The van der Waals surface area contributed by atoms with Crippen LogP contribution in [-0.2, 0) is 4.79 Å². The fraction of sp³-hybridized carbons (Fsp3) is 0.889. The van der Waals surface area contributed by atoms with Gasteiger partial charge in [-0.3, -0.25) is 0 Å². The molecule has 0 aromatic heterocycles. The van der Waals surface area contributed by atoms with Gasteiger partial charge in [-0.15, -0.1) is 0 Å². The zero-order valence-electron chi connectivity index (χ0n) is 19.2. The summed E-state index contributed by atoms with van der Waals surface area (Å²) in [6, 6.07) is 0.336. The average Bonchev–Trinajstić information content (AvgIpc) is 3.31. The second-order valence-corrected chi connectivity index (χ2v) is 11.7. The number of hydrogen-bond donors (Lipinski definition) is 2. The van der Waals surface area contributed by atoms with Crippen LogP contribution in [0.25, 0.3) is 0 Å². The van der Waals surface area contributed by atoms with Crippen molar-refractivity contribution in [1.82, 2.24) is 5.32 Å². The Morgan fingerprint density at radius 2 is 1.83 bits per heavy atom. The molecular formula is C27H44N2O. The number of fused-ring (bicyclic) bond motifs is 3. The predicted octanol–water partition coefficient (Wildman–Crippen LogP) is 5.10. The maximum atomic E-state index is 12.1. The SMILES string of the molecule is C=C1CC[C@@H]2[C@H]([C@@H]3C[C@@H](C4CCCCC4)C[C@H]13)[C@@]2([C@H]1CCC[C@H](NC)C1)[C@H](N)C=O. The highest BCUT2D eigenvalue weighted by atomic mass is 16.1. The molecule has 30 heavy (non-hydrogen) atoms. The third-order valence-electron chi connectivity index (χ3n) is 10.8. The molecule has 5 aliphatic rings. The molecule has 3 N–H and O–H groups in total. The van der Waals surface area contributed by atoms with E-state index in [0.717, 1.165) is 24.0 Å². The molecule has 5 aliphatic carbocycles. The number of aldehydes is 1. The second kappa shape index (κ2) is 8.35. The summed E-state index contributed by atoms with van der Waals surface area (Å²) in [5, 5.41) is 3.54. The first-order valence-electron chi connectivity index (χ1n) is 13.2. The predicted molar refractivity (Wildman–Crippen MR) is 123 cm³/mol. The standard InChI is InChI=1S/C27H44N2O/c1-17-11-12-24-26(23-14-19(13-22(17)23)18-7-4-3-5-8-18)27(24,25(28)16-30)20-9-6-10-21(15-20)29-2/h16,18-26,29H,1,3-15,28H2,2H3/t19-,20-,21-,22+,23+,24+,25+,26-,27+/m0/s1. The lowest BCUT2D eigenvalue weighted by Crippen LogP contribution is -2.46. The smallest absolute Gasteiger partial charge is 0.137 e.